The third-order valence-electron chi connectivity index (χ3n) is 5.17. The van der Waals surface area contributed by atoms with Crippen molar-refractivity contribution in [3.8, 4) is 5.75 Å². The molecule has 0 aromatic heterocycles. The Bertz CT molecular complexity index is 921. The highest BCUT2D eigenvalue weighted by Crippen LogP contribution is 2.42. The lowest BCUT2D eigenvalue weighted by Gasteiger charge is -2.25. The summed E-state index contributed by atoms with van der Waals surface area (Å²) in [6, 6.07) is 15.3. The van der Waals surface area contributed by atoms with E-state index in [1.165, 1.54) is 0 Å². The molecule has 0 aliphatic carbocycles. The minimum Gasteiger partial charge on any atom is -0.497 e. The van der Waals surface area contributed by atoms with Crippen LogP contribution in [0.4, 0.5) is 11.4 Å². The van der Waals surface area contributed by atoms with E-state index in [9.17, 15) is 9.59 Å². The van der Waals surface area contributed by atoms with Gasteiger partial charge in [0.1, 0.15) is 11.1 Å². The lowest BCUT2D eigenvalue weighted by atomic mass is 9.84. The average Bonchev–Trinajstić information content (AvgIpc) is 3.08. The first-order valence-electron chi connectivity index (χ1n) is 10.6. The molecule has 3 rings (SSSR count). The predicted octanol–water partition coefficient (Wildman–Crippen LogP) is 5.87. The van der Waals surface area contributed by atoms with Crippen LogP contribution in [0.5, 0.6) is 5.75 Å². The standard InChI is InChI=1S/C25H32N2O3S/c1-17(15-25(2,3)4)13-22(28)26-19-11-9-18(10-12-19)24-27(23(29)16-31-24)20-7-6-8-21(14-20)30-5/h6-12,14,17,24H,13,15-16H2,1-5H3,(H,26,28). The van der Waals surface area contributed by atoms with Gasteiger partial charge in [-0.15, -0.1) is 11.8 Å². The monoisotopic (exact) mass is 440 g/mol. The molecular weight excluding hydrogens is 408 g/mol. The second kappa shape index (κ2) is 9.77. The number of hydrogen-bond donors (Lipinski definition) is 1. The van der Waals surface area contributed by atoms with Crippen molar-refractivity contribution in [3.05, 3.63) is 54.1 Å². The lowest BCUT2D eigenvalue weighted by molar-refractivity contribution is -0.117. The topological polar surface area (TPSA) is 58.6 Å². The van der Waals surface area contributed by atoms with Crippen molar-refractivity contribution >= 4 is 35.0 Å². The molecule has 166 valence electrons. The van der Waals surface area contributed by atoms with Gasteiger partial charge >= 0.3 is 0 Å². The van der Waals surface area contributed by atoms with Gasteiger partial charge in [0.05, 0.1) is 12.9 Å². The normalized spacial score (nSPS) is 17.5. The summed E-state index contributed by atoms with van der Waals surface area (Å²) in [7, 11) is 1.62. The number of methoxy groups -OCH3 is 1. The Balaban J connectivity index is 1.67. The molecule has 0 radical (unpaired) electrons. The molecule has 1 aliphatic rings. The van der Waals surface area contributed by atoms with Gasteiger partial charge in [-0.1, -0.05) is 45.9 Å². The smallest absolute Gasteiger partial charge is 0.238 e. The largest absolute Gasteiger partial charge is 0.497 e. The summed E-state index contributed by atoms with van der Waals surface area (Å²) in [5, 5.41) is 2.90. The van der Waals surface area contributed by atoms with Crippen LogP contribution in [0.1, 0.15) is 51.5 Å². The SMILES string of the molecule is COc1cccc(N2C(=O)CSC2c2ccc(NC(=O)CC(C)CC(C)(C)C)cc2)c1. The van der Waals surface area contributed by atoms with E-state index in [-0.39, 0.29) is 22.6 Å². The molecule has 0 saturated carbocycles. The number of carbonyl (C=O) groups is 2. The first-order chi connectivity index (χ1) is 14.7. The fourth-order valence-corrected chi connectivity index (χ4v) is 5.26. The van der Waals surface area contributed by atoms with Gasteiger partial charge in [0, 0.05) is 23.9 Å². The average molecular weight is 441 g/mol. The zero-order chi connectivity index (χ0) is 22.6. The van der Waals surface area contributed by atoms with E-state index in [1.807, 2.05) is 53.4 Å². The summed E-state index contributed by atoms with van der Waals surface area (Å²) in [5.41, 5.74) is 2.84. The first-order valence-corrected chi connectivity index (χ1v) is 11.7. The van der Waals surface area contributed by atoms with E-state index in [0.29, 0.717) is 18.1 Å². The van der Waals surface area contributed by atoms with Crippen molar-refractivity contribution in [2.75, 3.05) is 23.1 Å². The molecule has 1 N–H and O–H groups in total. The zero-order valence-electron chi connectivity index (χ0n) is 19.0. The van der Waals surface area contributed by atoms with Crippen molar-refractivity contribution in [3.63, 3.8) is 0 Å². The number of anilines is 2. The van der Waals surface area contributed by atoms with Gasteiger partial charge in [-0.3, -0.25) is 14.5 Å². The number of ether oxygens (including phenoxy) is 1. The van der Waals surface area contributed by atoms with Crippen LogP contribution in [-0.4, -0.2) is 24.7 Å². The molecule has 2 aromatic carbocycles. The summed E-state index contributed by atoms with van der Waals surface area (Å²) < 4.78 is 5.31. The molecule has 2 amide bonds. The molecule has 1 aliphatic heterocycles. The highest BCUT2D eigenvalue weighted by Gasteiger charge is 2.34. The van der Waals surface area contributed by atoms with Crippen LogP contribution in [0.15, 0.2) is 48.5 Å². The highest BCUT2D eigenvalue weighted by atomic mass is 32.2. The third-order valence-corrected chi connectivity index (χ3v) is 6.39. The third kappa shape index (κ3) is 6.26. The molecule has 6 heteroatoms. The van der Waals surface area contributed by atoms with E-state index in [1.54, 1.807) is 18.9 Å². The van der Waals surface area contributed by atoms with Crippen LogP contribution < -0.4 is 15.0 Å². The number of rotatable bonds is 7. The summed E-state index contributed by atoms with van der Waals surface area (Å²) in [4.78, 5) is 26.8. The number of carbonyl (C=O) groups excluding carboxylic acids is 2. The molecule has 31 heavy (non-hydrogen) atoms. The quantitative estimate of drug-likeness (QED) is 0.584. The fourth-order valence-electron chi connectivity index (χ4n) is 4.09. The second-order valence-electron chi connectivity index (χ2n) is 9.37. The van der Waals surface area contributed by atoms with Crippen molar-refractivity contribution < 1.29 is 14.3 Å². The molecule has 1 fully saturated rings. The van der Waals surface area contributed by atoms with Crippen molar-refractivity contribution in [2.24, 2.45) is 11.3 Å². The van der Waals surface area contributed by atoms with Crippen LogP contribution in [0.25, 0.3) is 0 Å². The Kier molecular flexibility index (Phi) is 7.31. The highest BCUT2D eigenvalue weighted by molar-refractivity contribution is 8.00. The Hall–Kier alpha value is -2.47. The van der Waals surface area contributed by atoms with Gasteiger partial charge in [0.15, 0.2) is 0 Å². The number of benzene rings is 2. The fraction of sp³-hybridized carbons (Fsp3) is 0.440. The van der Waals surface area contributed by atoms with Crippen LogP contribution in [0.2, 0.25) is 0 Å². The molecule has 1 saturated heterocycles. The lowest BCUT2D eigenvalue weighted by Crippen LogP contribution is -2.27. The van der Waals surface area contributed by atoms with Gasteiger partial charge in [0.2, 0.25) is 11.8 Å². The Morgan fingerprint density at radius 3 is 2.58 bits per heavy atom. The molecule has 0 bridgehead atoms. The Morgan fingerprint density at radius 2 is 1.94 bits per heavy atom. The Morgan fingerprint density at radius 1 is 1.23 bits per heavy atom. The number of nitrogens with one attached hydrogen (secondary N) is 1. The van der Waals surface area contributed by atoms with E-state index in [0.717, 1.165) is 29.1 Å². The number of hydrogen-bond acceptors (Lipinski definition) is 4. The molecule has 5 nitrogen and oxygen atoms in total. The molecule has 2 unspecified atom stereocenters. The van der Waals surface area contributed by atoms with Crippen LogP contribution in [-0.2, 0) is 9.59 Å². The number of thioether (sulfide) groups is 1. The van der Waals surface area contributed by atoms with Crippen molar-refractivity contribution in [2.45, 2.75) is 45.9 Å². The molecule has 2 aromatic rings. The first kappa shape index (κ1) is 23.2. The minimum absolute atomic E-state index is 0.0351. The van der Waals surface area contributed by atoms with Crippen molar-refractivity contribution in [1.29, 1.82) is 0 Å². The van der Waals surface area contributed by atoms with Crippen LogP contribution in [0, 0.1) is 11.3 Å². The van der Waals surface area contributed by atoms with E-state index in [4.69, 9.17) is 4.74 Å². The van der Waals surface area contributed by atoms with E-state index >= 15 is 0 Å². The number of nitrogens with zero attached hydrogens (tertiary/aromatic N) is 1. The van der Waals surface area contributed by atoms with Gasteiger partial charge in [-0.25, -0.2) is 0 Å². The van der Waals surface area contributed by atoms with Crippen LogP contribution >= 0.6 is 11.8 Å². The summed E-state index contributed by atoms with van der Waals surface area (Å²) >= 11 is 1.60. The van der Waals surface area contributed by atoms with Crippen LogP contribution in [0.3, 0.4) is 0 Å². The van der Waals surface area contributed by atoms with Gasteiger partial charge in [-0.2, -0.15) is 0 Å². The maximum atomic E-state index is 12.6. The summed E-state index contributed by atoms with van der Waals surface area (Å²) in [6.07, 6.45) is 1.52. The van der Waals surface area contributed by atoms with Gasteiger partial charge < -0.3 is 10.1 Å². The predicted molar refractivity (Wildman–Crippen MR) is 129 cm³/mol. The zero-order valence-corrected chi connectivity index (χ0v) is 19.8. The molecule has 1 heterocycles. The number of amides is 2. The van der Waals surface area contributed by atoms with Gasteiger partial charge in [0.25, 0.3) is 0 Å². The summed E-state index contributed by atoms with van der Waals surface area (Å²) in [6.45, 7) is 8.71. The Labute approximate surface area is 189 Å². The van der Waals surface area contributed by atoms with E-state index < -0.39 is 0 Å². The minimum atomic E-state index is -0.101. The maximum Gasteiger partial charge on any atom is 0.238 e. The van der Waals surface area contributed by atoms with Crippen molar-refractivity contribution in [1.82, 2.24) is 0 Å². The molecule has 2 atom stereocenters. The second-order valence-corrected chi connectivity index (χ2v) is 10.4. The summed E-state index contributed by atoms with van der Waals surface area (Å²) in [5.74, 6) is 1.60. The molecule has 0 spiro atoms. The molecular formula is C25H32N2O3S. The maximum absolute atomic E-state index is 12.6. The van der Waals surface area contributed by atoms with Gasteiger partial charge in [-0.05, 0) is 47.6 Å². The van der Waals surface area contributed by atoms with E-state index in [2.05, 4.69) is 33.0 Å².